The largest absolute Gasteiger partial charge is 0.272 e. The highest BCUT2D eigenvalue weighted by atomic mass is 35.5. The van der Waals surface area contributed by atoms with Crippen LogP contribution in [-0.2, 0) is 4.79 Å². The number of aromatic nitrogens is 2. The molecule has 21 heavy (non-hydrogen) atoms. The highest BCUT2D eigenvalue weighted by Gasteiger charge is 2.03. The molecule has 2 aromatic rings. The van der Waals surface area contributed by atoms with Gasteiger partial charge in [-0.25, -0.2) is 15.4 Å². The molecule has 2 rings (SSSR count). The van der Waals surface area contributed by atoms with E-state index >= 15 is 0 Å². The van der Waals surface area contributed by atoms with Gasteiger partial charge < -0.3 is 0 Å². The van der Waals surface area contributed by atoms with Gasteiger partial charge in [0.1, 0.15) is 0 Å². The maximum absolute atomic E-state index is 11.6. The van der Waals surface area contributed by atoms with Gasteiger partial charge in [0.2, 0.25) is 0 Å². The van der Waals surface area contributed by atoms with Crippen LogP contribution in [0.3, 0.4) is 0 Å². The standard InChI is InChI=1S/C13H10Cl2N4OS/c14-10-3-2-9(6-11(10)15)7-18-19-12(20)8-21-13-16-4-1-5-17-13/h1-7H,8H2,(H,19,20)/b18-7-. The number of halogens is 2. The molecule has 5 nitrogen and oxygen atoms in total. The molecule has 1 heterocycles. The van der Waals surface area contributed by atoms with Crippen LogP contribution in [0.1, 0.15) is 5.56 Å². The lowest BCUT2D eigenvalue weighted by Gasteiger charge is -1.99. The Morgan fingerprint density at radius 3 is 2.76 bits per heavy atom. The van der Waals surface area contributed by atoms with Gasteiger partial charge in [-0.15, -0.1) is 0 Å². The van der Waals surface area contributed by atoms with Gasteiger partial charge in [0.15, 0.2) is 5.16 Å². The van der Waals surface area contributed by atoms with Gasteiger partial charge >= 0.3 is 0 Å². The smallest absolute Gasteiger partial charge is 0.250 e. The van der Waals surface area contributed by atoms with E-state index in [9.17, 15) is 4.79 Å². The lowest BCUT2D eigenvalue weighted by molar-refractivity contribution is -0.118. The normalized spacial score (nSPS) is 10.8. The molecule has 1 aromatic heterocycles. The average molecular weight is 341 g/mol. The van der Waals surface area contributed by atoms with E-state index in [0.29, 0.717) is 15.2 Å². The minimum atomic E-state index is -0.247. The van der Waals surface area contributed by atoms with E-state index in [-0.39, 0.29) is 11.7 Å². The second-order valence-corrected chi connectivity index (χ2v) is 5.54. The molecular weight excluding hydrogens is 331 g/mol. The van der Waals surface area contributed by atoms with Crippen molar-refractivity contribution in [2.75, 3.05) is 5.75 Å². The third-order valence-electron chi connectivity index (χ3n) is 2.22. The van der Waals surface area contributed by atoms with Crippen molar-refractivity contribution >= 4 is 47.1 Å². The third-order valence-corrected chi connectivity index (χ3v) is 3.84. The highest BCUT2D eigenvalue weighted by Crippen LogP contribution is 2.21. The van der Waals surface area contributed by atoms with Crippen molar-refractivity contribution in [3.8, 4) is 0 Å². The quantitative estimate of drug-likeness (QED) is 0.393. The molecule has 108 valence electrons. The number of amides is 1. The second-order valence-electron chi connectivity index (χ2n) is 3.79. The molecule has 8 heteroatoms. The van der Waals surface area contributed by atoms with Crippen LogP contribution in [0.4, 0.5) is 0 Å². The molecule has 0 aliphatic rings. The molecule has 0 radical (unpaired) electrons. The summed E-state index contributed by atoms with van der Waals surface area (Å²) in [5, 5.41) is 5.29. The first-order valence-corrected chi connectivity index (χ1v) is 7.56. The number of carbonyl (C=O) groups excluding carboxylic acids is 1. The first-order valence-electron chi connectivity index (χ1n) is 5.82. The van der Waals surface area contributed by atoms with Gasteiger partial charge in [0.25, 0.3) is 5.91 Å². The predicted octanol–water partition coefficient (Wildman–Crippen LogP) is 3.03. The maximum Gasteiger partial charge on any atom is 0.250 e. The zero-order valence-corrected chi connectivity index (χ0v) is 13.0. The van der Waals surface area contributed by atoms with Crippen molar-refractivity contribution in [3.05, 3.63) is 52.3 Å². The summed E-state index contributed by atoms with van der Waals surface area (Å²) in [6.07, 6.45) is 4.73. The van der Waals surface area contributed by atoms with Crippen LogP contribution in [0, 0.1) is 0 Å². The summed E-state index contributed by atoms with van der Waals surface area (Å²) >= 11 is 12.9. The number of thioether (sulfide) groups is 1. The molecule has 0 bridgehead atoms. The summed E-state index contributed by atoms with van der Waals surface area (Å²) in [6.45, 7) is 0. The van der Waals surface area contributed by atoms with Gasteiger partial charge in [-0.2, -0.15) is 5.10 Å². The Morgan fingerprint density at radius 1 is 1.29 bits per heavy atom. The summed E-state index contributed by atoms with van der Waals surface area (Å²) in [7, 11) is 0. The van der Waals surface area contributed by atoms with Gasteiger partial charge in [-0.1, -0.05) is 41.0 Å². The van der Waals surface area contributed by atoms with E-state index in [0.717, 1.165) is 5.56 Å². The maximum atomic E-state index is 11.6. The van der Waals surface area contributed by atoms with Gasteiger partial charge in [0, 0.05) is 12.4 Å². The van der Waals surface area contributed by atoms with Gasteiger partial charge in [-0.3, -0.25) is 4.79 Å². The number of nitrogens with zero attached hydrogens (tertiary/aromatic N) is 3. The number of nitrogens with one attached hydrogen (secondary N) is 1. The Hall–Kier alpha value is -1.63. The molecular formula is C13H10Cl2N4OS. The molecule has 0 unspecified atom stereocenters. The van der Waals surface area contributed by atoms with Crippen molar-refractivity contribution in [2.45, 2.75) is 5.16 Å². The summed E-state index contributed by atoms with van der Waals surface area (Å²) in [6, 6.07) is 6.78. The van der Waals surface area contributed by atoms with Gasteiger partial charge in [-0.05, 0) is 23.8 Å². The third kappa shape index (κ3) is 5.34. The number of rotatable bonds is 5. The van der Waals surface area contributed by atoms with Crippen LogP contribution >= 0.6 is 35.0 Å². The van der Waals surface area contributed by atoms with Crippen molar-refractivity contribution in [1.29, 1.82) is 0 Å². The summed E-state index contributed by atoms with van der Waals surface area (Å²) in [5.41, 5.74) is 3.15. The van der Waals surface area contributed by atoms with Gasteiger partial charge in [0.05, 0.1) is 22.0 Å². The van der Waals surface area contributed by atoms with E-state index in [1.807, 2.05) is 0 Å². The molecule has 0 saturated carbocycles. The molecule has 1 amide bonds. The van der Waals surface area contributed by atoms with E-state index in [1.54, 1.807) is 36.7 Å². The van der Waals surface area contributed by atoms with Crippen LogP contribution in [0.15, 0.2) is 46.9 Å². The Morgan fingerprint density at radius 2 is 2.05 bits per heavy atom. The van der Waals surface area contributed by atoms with Crippen LogP contribution in [0.2, 0.25) is 10.0 Å². The fourth-order valence-electron chi connectivity index (χ4n) is 1.29. The first-order chi connectivity index (χ1) is 10.1. The second kappa shape index (κ2) is 7.97. The van der Waals surface area contributed by atoms with E-state index in [4.69, 9.17) is 23.2 Å². The van der Waals surface area contributed by atoms with E-state index < -0.39 is 0 Å². The zero-order chi connectivity index (χ0) is 15.1. The molecule has 0 atom stereocenters. The van der Waals surface area contributed by atoms with Crippen LogP contribution in [0.5, 0.6) is 0 Å². The number of carbonyl (C=O) groups is 1. The van der Waals surface area contributed by atoms with Crippen molar-refractivity contribution in [2.24, 2.45) is 5.10 Å². The molecule has 1 aromatic carbocycles. The predicted molar refractivity (Wildman–Crippen MR) is 85.0 cm³/mol. The first kappa shape index (κ1) is 15.8. The minimum absolute atomic E-state index is 0.183. The lowest BCUT2D eigenvalue weighted by Crippen LogP contribution is -2.19. The van der Waals surface area contributed by atoms with Crippen LogP contribution in [0.25, 0.3) is 0 Å². The SMILES string of the molecule is O=C(CSc1ncccn1)N/N=C\c1ccc(Cl)c(Cl)c1. The summed E-state index contributed by atoms with van der Waals surface area (Å²) < 4.78 is 0. The Balaban J connectivity index is 1.80. The lowest BCUT2D eigenvalue weighted by atomic mass is 10.2. The molecule has 0 aliphatic carbocycles. The number of hydrogen-bond donors (Lipinski definition) is 1. The van der Waals surface area contributed by atoms with Crippen LogP contribution < -0.4 is 5.43 Å². The summed E-state index contributed by atoms with van der Waals surface area (Å²) in [5.74, 6) is -0.0633. The zero-order valence-electron chi connectivity index (χ0n) is 10.7. The highest BCUT2D eigenvalue weighted by molar-refractivity contribution is 7.99. The molecule has 0 fully saturated rings. The Kier molecular flexibility index (Phi) is 5.98. The van der Waals surface area contributed by atoms with E-state index in [2.05, 4.69) is 20.5 Å². The van der Waals surface area contributed by atoms with E-state index in [1.165, 1.54) is 18.0 Å². The van der Waals surface area contributed by atoms with Crippen LogP contribution in [-0.4, -0.2) is 27.8 Å². The van der Waals surface area contributed by atoms with Crippen molar-refractivity contribution < 1.29 is 4.79 Å². The van der Waals surface area contributed by atoms with Crippen molar-refractivity contribution in [3.63, 3.8) is 0 Å². The number of hydrogen-bond acceptors (Lipinski definition) is 5. The summed E-state index contributed by atoms with van der Waals surface area (Å²) in [4.78, 5) is 19.6. The molecule has 0 saturated heterocycles. The number of hydrazone groups is 1. The van der Waals surface area contributed by atoms with Crippen molar-refractivity contribution in [1.82, 2.24) is 15.4 Å². The molecule has 0 aliphatic heterocycles. The fourth-order valence-corrected chi connectivity index (χ4v) is 2.20. The number of benzene rings is 1. The fraction of sp³-hybridized carbons (Fsp3) is 0.0769. The topological polar surface area (TPSA) is 67.2 Å². The molecule has 1 N–H and O–H groups in total. The average Bonchev–Trinajstić information content (AvgIpc) is 2.50. The minimum Gasteiger partial charge on any atom is -0.272 e. The monoisotopic (exact) mass is 340 g/mol. The Labute approximate surface area is 135 Å². The molecule has 0 spiro atoms. The Bertz CT molecular complexity index is 652.